The van der Waals surface area contributed by atoms with Gasteiger partial charge in [-0.1, -0.05) is 17.7 Å². The maximum atomic E-state index is 12.9. The predicted molar refractivity (Wildman–Crippen MR) is 114 cm³/mol. The largest absolute Gasteiger partial charge is 0.494 e. The predicted octanol–water partition coefficient (Wildman–Crippen LogP) is 3.42. The summed E-state index contributed by atoms with van der Waals surface area (Å²) in [7, 11) is 3.92. The summed E-state index contributed by atoms with van der Waals surface area (Å²) in [6, 6.07) is 7.80. The van der Waals surface area contributed by atoms with E-state index in [0.717, 1.165) is 17.5 Å². The Bertz CT molecular complexity index is 986. The third-order valence-corrected chi connectivity index (χ3v) is 5.24. The van der Waals surface area contributed by atoms with Crippen molar-refractivity contribution >= 4 is 75.2 Å². The van der Waals surface area contributed by atoms with Crippen LogP contribution in [0.2, 0.25) is 5.02 Å². The van der Waals surface area contributed by atoms with Crippen molar-refractivity contribution in [1.82, 2.24) is 14.8 Å². The van der Waals surface area contributed by atoms with E-state index in [-0.39, 0.29) is 46.8 Å². The zero-order valence-electron chi connectivity index (χ0n) is 16.0. The van der Waals surface area contributed by atoms with Gasteiger partial charge in [-0.15, -0.1) is 11.3 Å². The number of hydrogen-bond donors (Lipinski definition) is 2. The number of aromatic nitrogens is 1. The fourth-order valence-corrected chi connectivity index (χ4v) is 3.72. The van der Waals surface area contributed by atoms with Crippen molar-refractivity contribution in [2.24, 2.45) is 0 Å². The van der Waals surface area contributed by atoms with Crippen molar-refractivity contribution in [3.05, 3.63) is 51.2 Å². The molecule has 0 saturated carbocycles. The Labute approximate surface area is 194 Å². The van der Waals surface area contributed by atoms with E-state index in [9.17, 15) is 14.7 Å². The molecule has 2 aromatic heterocycles. The molecule has 0 atom stereocenters. The van der Waals surface area contributed by atoms with Crippen LogP contribution in [0.15, 0.2) is 35.7 Å². The molecule has 0 unspecified atom stereocenters. The number of aromatic hydroxyl groups is 1. The number of nitrogens with zero attached hydrogens (tertiary/aromatic N) is 2. The first-order chi connectivity index (χ1) is 12.9. The summed E-state index contributed by atoms with van der Waals surface area (Å²) < 4.78 is 1.13. The molecule has 3 rings (SSSR count). The Morgan fingerprint density at radius 3 is 2.68 bits per heavy atom. The fraction of sp³-hybridized carbons (Fsp3) is 0.263. The monoisotopic (exact) mass is 428 g/mol. The van der Waals surface area contributed by atoms with Crippen molar-refractivity contribution in [3.63, 3.8) is 0 Å². The minimum atomic E-state index is -0.483. The Morgan fingerprint density at radius 2 is 2.04 bits per heavy atom. The van der Waals surface area contributed by atoms with E-state index in [1.54, 1.807) is 35.7 Å². The van der Waals surface area contributed by atoms with Gasteiger partial charge in [0.2, 0.25) is 11.7 Å². The van der Waals surface area contributed by atoms with Gasteiger partial charge >= 0.3 is 6.03 Å². The average Bonchev–Trinajstić information content (AvgIpc) is 3.23. The molecule has 0 aliphatic heterocycles. The Kier molecular flexibility index (Phi) is 8.12. The molecule has 1 radical (unpaired) electrons. The quantitative estimate of drug-likeness (QED) is 0.358. The summed E-state index contributed by atoms with van der Waals surface area (Å²) in [6.07, 6.45) is 0.769. The number of ketones is 1. The van der Waals surface area contributed by atoms with E-state index in [0.29, 0.717) is 27.3 Å². The molecule has 1 amide bonds. The molecule has 28 heavy (non-hydrogen) atoms. The molecule has 143 valence electrons. The van der Waals surface area contributed by atoms with Crippen LogP contribution in [0.5, 0.6) is 5.88 Å². The van der Waals surface area contributed by atoms with Crippen molar-refractivity contribution in [2.45, 2.75) is 6.42 Å². The minimum Gasteiger partial charge on any atom is -0.494 e. The summed E-state index contributed by atoms with van der Waals surface area (Å²) in [5.41, 5.74) is 0.514. The van der Waals surface area contributed by atoms with E-state index in [4.69, 9.17) is 11.6 Å². The van der Waals surface area contributed by atoms with E-state index < -0.39 is 6.03 Å². The molecule has 0 aliphatic carbocycles. The summed E-state index contributed by atoms with van der Waals surface area (Å²) >= 11 is 7.37. The number of benzene rings is 1. The van der Waals surface area contributed by atoms with Crippen LogP contribution in [0.25, 0.3) is 10.9 Å². The fourth-order valence-electron chi connectivity index (χ4n) is 2.88. The molecule has 0 aliphatic rings. The third kappa shape index (κ3) is 4.79. The molecular formula is C19H20ClN3NaO3S. The number of carbonyl (C=O) groups excluding carboxylic acids is 2. The number of amides is 1. The van der Waals surface area contributed by atoms with Crippen molar-refractivity contribution in [1.29, 1.82) is 0 Å². The molecule has 2 heterocycles. The number of halogens is 1. The SMILES string of the molecule is CN(C)CCCNC(=O)n1c(O)c(C(=O)c2cccs2)c2cc(Cl)ccc21.[Na]. The van der Waals surface area contributed by atoms with Crippen LogP contribution in [0, 0.1) is 0 Å². The van der Waals surface area contributed by atoms with Gasteiger partial charge in [0, 0.05) is 46.5 Å². The molecule has 0 fully saturated rings. The van der Waals surface area contributed by atoms with E-state index in [1.165, 1.54) is 11.3 Å². The summed E-state index contributed by atoms with van der Waals surface area (Å²) in [5.74, 6) is -0.718. The first kappa shape index (κ1) is 22.9. The van der Waals surface area contributed by atoms with Crippen LogP contribution in [0.4, 0.5) is 4.79 Å². The topological polar surface area (TPSA) is 74.6 Å². The van der Waals surface area contributed by atoms with Gasteiger partial charge < -0.3 is 15.3 Å². The average molecular weight is 429 g/mol. The zero-order chi connectivity index (χ0) is 19.6. The Morgan fingerprint density at radius 1 is 1.29 bits per heavy atom. The van der Waals surface area contributed by atoms with Crippen molar-refractivity contribution in [2.75, 3.05) is 27.2 Å². The molecule has 2 N–H and O–H groups in total. The van der Waals surface area contributed by atoms with Crippen LogP contribution in [0.1, 0.15) is 21.7 Å². The van der Waals surface area contributed by atoms with E-state index in [1.807, 2.05) is 19.0 Å². The number of fused-ring (bicyclic) bond motifs is 1. The van der Waals surface area contributed by atoms with Crippen LogP contribution in [-0.4, -0.2) is 83.1 Å². The van der Waals surface area contributed by atoms with Crippen LogP contribution in [0.3, 0.4) is 0 Å². The maximum Gasteiger partial charge on any atom is 0.328 e. The van der Waals surface area contributed by atoms with Crippen LogP contribution < -0.4 is 5.32 Å². The Hall–Kier alpha value is -1.35. The first-order valence-electron chi connectivity index (χ1n) is 8.44. The van der Waals surface area contributed by atoms with Gasteiger partial charge in [0.25, 0.3) is 0 Å². The molecular weight excluding hydrogens is 409 g/mol. The minimum absolute atomic E-state index is 0. The number of hydrogen-bond acceptors (Lipinski definition) is 5. The first-order valence-corrected chi connectivity index (χ1v) is 9.70. The molecule has 9 heteroatoms. The molecule has 0 bridgehead atoms. The molecule has 1 aromatic carbocycles. The molecule has 6 nitrogen and oxygen atoms in total. The summed E-state index contributed by atoms with van der Waals surface area (Å²) in [4.78, 5) is 28.1. The molecule has 0 saturated heterocycles. The number of rotatable bonds is 6. The van der Waals surface area contributed by atoms with E-state index in [2.05, 4.69) is 5.32 Å². The summed E-state index contributed by atoms with van der Waals surface area (Å²) in [5, 5.41) is 16.2. The Balaban J connectivity index is 0.00000280. The normalized spacial score (nSPS) is 10.9. The van der Waals surface area contributed by atoms with Gasteiger partial charge in [0.05, 0.1) is 16.0 Å². The second-order valence-electron chi connectivity index (χ2n) is 6.39. The second-order valence-corrected chi connectivity index (χ2v) is 7.77. The molecule has 0 spiro atoms. The zero-order valence-corrected chi connectivity index (χ0v) is 19.6. The van der Waals surface area contributed by atoms with Gasteiger partial charge in [0.15, 0.2) is 0 Å². The van der Waals surface area contributed by atoms with Gasteiger partial charge in [-0.05, 0) is 56.7 Å². The van der Waals surface area contributed by atoms with Crippen LogP contribution >= 0.6 is 22.9 Å². The number of carbonyl (C=O) groups is 2. The number of thiophene rings is 1. The maximum absolute atomic E-state index is 12.9. The van der Waals surface area contributed by atoms with Gasteiger partial charge in [-0.3, -0.25) is 4.79 Å². The van der Waals surface area contributed by atoms with E-state index >= 15 is 0 Å². The summed E-state index contributed by atoms with van der Waals surface area (Å²) in [6.45, 7) is 1.29. The van der Waals surface area contributed by atoms with Gasteiger partial charge in [-0.25, -0.2) is 9.36 Å². The van der Waals surface area contributed by atoms with Crippen molar-refractivity contribution < 1.29 is 14.7 Å². The van der Waals surface area contributed by atoms with Crippen LogP contribution in [-0.2, 0) is 0 Å². The van der Waals surface area contributed by atoms with Gasteiger partial charge in [-0.2, -0.15) is 0 Å². The second kappa shape index (κ2) is 9.91. The third-order valence-electron chi connectivity index (χ3n) is 4.14. The smallest absolute Gasteiger partial charge is 0.328 e. The standard InChI is InChI=1S/C19H20ClN3O3S.Na/c1-22(2)9-4-8-21-19(26)23-14-7-6-12(20)11-13(14)16(18(23)25)17(24)15-5-3-10-27-15;/h3,5-7,10-11,25H,4,8-9H2,1-2H3,(H,21,26);. The van der Waals surface area contributed by atoms with Crippen molar-refractivity contribution in [3.8, 4) is 5.88 Å². The molecule has 3 aromatic rings. The van der Waals surface area contributed by atoms with Gasteiger partial charge in [0.1, 0.15) is 0 Å². The number of nitrogens with one attached hydrogen (secondary N) is 1.